The van der Waals surface area contributed by atoms with Gasteiger partial charge in [-0.1, -0.05) is 23.2 Å². The number of carboxylic acids is 1. The molecule has 0 aliphatic carbocycles. The van der Waals surface area contributed by atoms with Gasteiger partial charge in [0.1, 0.15) is 23.1 Å². The number of hydrogen-bond donors (Lipinski definition) is 2. The molecule has 1 aromatic heterocycles. The minimum atomic E-state index is -0.706. The molecule has 1 fully saturated rings. The number of ether oxygens (including phenoxy) is 1. The summed E-state index contributed by atoms with van der Waals surface area (Å²) in [4.78, 5) is 17.9. The van der Waals surface area contributed by atoms with E-state index in [4.69, 9.17) is 33.0 Å². The Labute approximate surface area is 221 Å². The van der Waals surface area contributed by atoms with E-state index in [1.807, 2.05) is 11.4 Å². The maximum absolute atomic E-state index is 14.7. The lowest BCUT2D eigenvalue weighted by Crippen LogP contribution is -2.36. The molecule has 1 aliphatic rings. The molecule has 4 rings (SSSR count). The normalized spacial score (nSPS) is 14.7. The highest BCUT2D eigenvalue weighted by Gasteiger charge is 2.24. The Hall–Kier alpha value is -2.04. The Balaban J connectivity index is 1.38. The van der Waals surface area contributed by atoms with Crippen LogP contribution in [0.1, 0.15) is 24.8 Å². The summed E-state index contributed by atoms with van der Waals surface area (Å²) in [6.45, 7) is 2.42. The first-order chi connectivity index (χ1) is 16.9. The molecule has 2 heterocycles. The smallest absolute Gasteiger partial charge is 0.306 e. The Morgan fingerprint density at radius 1 is 1.26 bits per heavy atom. The quantitative estimate of drug-likeness (QED) is 0.255. The average molecular weight is 557 g/mol. The van der Waals surface area contributed by atoms with Crippen molar-refractivity contribution in [2.24, 2.45) is 5.92 Å². The molecule has 2 aromatic carbocycles. The van der Waals surface area contributed by atoms with Gasteiger partial charge in [-0.3, -0.25) is 4.79 Å². The molecular formula is C24H24Cl2FN3O3S2. The number of carbonyl (C=O) groups is 1. The van der Waals surface area contributed by atoms with E-state index < -0.39 is 11.8 Å². The third-order valence-corrected chi connectivity index (χ3v) is 7.74. The molecule has 186 valence electrons. The molecule has 11 heteroatoms. The Morgan fingerprint density at radius 3 is 2.77 bits per heavy atom. The van der Waals surface area contributed by atoms with Gasteiger partial charge in [0, 0.05) is 16.5 Å². The van der Waals surface area contributed by atoms with Crippen molar-refractivity contribution in [3.8, 4) is 11.5 Å². The van der Waals surface area contributed by atoms with Crippen LogP contribution in [0.2, 0.25) is 10.0 Å². The molecular weight excluding hydrogens is 532 g/mol. The van der Waals surface area contributed by atoms with Crippen LogP contribution in [0.15, 0.2) is 46.1 Å². The van der Waals surface area contributed by atoms with Crippen LogP contribution in [0.4, 0.5) is 10.2 Å². The van der Waals surface area contributed by atoms with Crippen molar-refractivity contribution in [2.45, 2.75) is 30.6 Å². The monoisotopic (exact) mass is 555 g/mol. The zero-order chi connectivity index (χ0) is 24.8. The fraction of sp³-hybridized carbons (Fsp3) is 0.333. The Morgan fingerprint density at radius 2 is 2.06 bits per heavy atom. The lowest BCUT2D eigenvalue weighted by molar-refractivity contribution is -0.143. The summed E-state index contributed by atoms with van der Waals surface area (Å²) in [5, 5.41) is 11.9. The van der Waals surface area contributed by atoms with Crippen LogP contribution in [0.3, 0.4) is 0 Å². The van der Waals surface area contributed by atoms with Crippen molar-refractivity contribution in [1.82, 2.24) is 9.88 Å². The summed E-state index contributed by atoms with van der Waals surface area (Å²) in [6, 6.07) is 8.13. The number of aromatic nitrogens is 1. The second-order valence-electron chi connectivity index (χ2n) is 8.20. The number of aliphatic carboxylic acids is 1. The van der Waals surface area contributed by atoms with Gasteiger partial charge in [0.15, 0.2) is 0 Å². The van der Waals surface area contributed by atoms with Crippen LogP contribution in [0, 0.1) is 11.7 Å². The molecule has 1 saturated heterocycles. The van der Waals surface area contributed by atoms with Crippen molar-refractivity contribution in [1.29, 1.82) is 0 Å². The zero-order valence-electron chi connectivity index (χ0n) is 18.7. The number of anilines is 1. The van der Waals surface area contributed by atoms with Gasteiger partial charge in [-0.2, -0.15) is 0 Å². The van der Waals surface area contributed by atoms with Crippen LogP contribution < -0.4 is 9.46 Å². The average Bonchev–Trinajstić information content (AvgIpc) is 3.36. The molecule has 0 bridgehead atoms. The topological polar surface area (TPSA) is 74.7 Å². The highest BCUT2D eigenvalue weighted by Crippen LogP contribution is 2.37. The molecule has 0 amide bonds. The molecule has 0 atom stereocenters. The first-order valence-electron chi connectivity index (χ1n) is 11.1. The summed E-state index contributed by atoms with van der Waals surface area (Å²) in [5.41, 5.74) is 2.59. The predicted molar refractivity (Wildman–Crippen MR) is 140 cm³/mol. The number of piperidine rings is 1. The largest absolute Gasteiger partial charge is 0.481 e. The van der Waals surface area contributed by atoms with E-state index >= 15 is 0 Å². The zero-order valence-corrected chi connectivity index (χ0v) is 21.8. The summed E-state index contributed by atoms with van der Waals surface area (Å²) >= 11 is 15.2. The number of nitrogens with one attached hydrogen (secondary N) is 1. The number of likely N-dealkylation sites (tertiary alicyclic amines) is 1. The number of nitrogens with zero attached hydrogens (tertiary/aromatic N) is 2. The molecule has 0 radical (unpaired) electrons. The van der Waals surface area contributed by atoms with Crippen molar-refractivity contribution in [3.63, 3.8) is 0 Å². The minimum absolute atomic E-state index is 0.224. The van der Waals surface area contributed by atoms with Gasteiger partial charge in [0.25, 0.3) is 0 Å². The molecule has 35 heavy (non-hydrogen) atoms. The lowest BCUT2D eigenvalue weighted by Gasteiger charge is -2.30. The van der Waals surface area contributed by atoms with Crippen molar-refractivity contribution >= 4 is 58.3 Å². The van der Waals surface area contributed by atoms with Crippen molar-refractivity contribution in [3.05, 3.63) is 62.6 Å². The number of aryl methyl sites for hydroxylation is 1. The van der Waals surface area contributed by atoms with E-state index in [0.717, 1.165) is 43.6 Å². The van der Waals surface area contributed by atoms with Gasteiger partial charge in [-0.25, -0.2) is 9.37 Å². The van der Waals surface area contributed by atoms with Crippen LogP contribution in [0.5, 0.6) is 11.5 Å². The van der Waals surface area contributed by atoms with E-state index in [-0.39, 0.29) is 16.7 Å². The number of benzene rings is 2. The Bertz CT molecular complexity index is 1160. The number of thiazole rings is 1. The van der Waals surface area contributed by atoms with E-state index in [0.29, 0.717) is 40.7 Å². The van der Waals surface area contributed by atoms with Gasteiger partial charge in [-0.15, -0.1) is 11.3 Å². The van der Waals surface area contributed by atoms with Crippen LogP contribution in [-0.2, 0) is 11.2 Å². The molecule has 0 unspecified atom stereocenters. The third kappa shape index (κ3) is 7.24. The SMILES string of the molecule is O=C(O)C1CCN(CCCc2cc(Cl)ccc2Oc2cc(F)c(SNc3cscn3)cc2Cl)CC1. The second kappa shape index (κ2) is 12.3. The summed E-state index contributed by atoms with van der Waals surface area (Å²) < 4.78 is 23.7. The highest BCUT2D eigenvalue weighted by atomic mass is 35.5. The van der Waals surface area contributed by atoms with E-state index in [9.17, 15) is 9.18 Å². The van der Waals surface area contributed by atoms with Crippen LogP contribution in [-0.4, -0.2) is 40.6 Å². The molecule has 2 N–H and O–H groups in total. The summed E-state index contributed by atoms with van der Waals surface area (Å²) in [6.07, 6.45) is 2.92. The standard InChI is InChI=1S/C24H24Cl2FN3O3S2/c25-17-3-4-20(16(10-17)2-1-7-30-8-5-15(6-9-30)24(31)32)33-21-12-19(27)22(11-18(21)26)35-29-23-13-34-14-28-23/h3-4,10-15,29H,1-2,5-9H2,(H,31,32). The second-order valence-corrected chi connectivity index (χ2v) is 10.6. The maximum Gasteiger partial charge on any atom is 0.306 e. The fourth-order valence-electron chi connectivity index (χ4n) is 3.90. The van der Waals surface area contributed by atoms with Gasteiger partial charge in [0.2, 0.25) is 0 Å². The first-order valence-corrected chi connectivity index (χ1v) is 13.6. The Kier molecular flexibility index (Phi) is 9.13. The fourth-order valence-corrected chi connectivity index (χ4v) is 5.57. The van der Waals surface area contributed by atoms with Gasteiger partial charge in [0.05, 0.1) is 21.3 Å². The van der Waals surface area contributed by atoms with Gasteiger partial charge >= 0.3 is 5.97 Å². The number of hydrogen-bond acceptors (Lipinski definition) is 7. The highest BCUT2D eigenvalue weighted by molar-refractivity contribution is 8.00. The summed E-state index contributed by atoms with van der Waals surface area (Å²) in [7, 11) is 0. The van der Waals surface area contributed by atoms with Crippen LogP contribution in [0.25, 0.3) is 0 Å². The number of rotatable bonds is 10. The van der Waals surface area contributed by atoms with Gasteiger partial charge in [-0.05, 0) is 87.1 Å². The number of halogens is 3. The van der Waals surface area contributed by atoms with E-state index in [1.54, 1.807) is 17.6 Å². The summed E-state index contributed by atoms with van der Waals surface area (Å²) in [5.74, 6) is 0.0353. The van der Waals surface area contributed by atoms with Crippen molar-refractivity contribution < 1.29 is 19.0 Å². The van der Waals surface area contributed by atoms with E-state index in [2.05, 4.69) is 14.6 Å². The molecule has 3 aromatic rings. The lowest BCUT2D eigenvalue weighted by atomic mass is 9.97. The van der Waals surface area contributed by atoms with Crippen molar-refractivity contribution in [2.75, 3.05) is 24.4 Å². The molecule has 0 saturated carbocycles. The molecule has 0 spiro atoms. The van der Waals surface area contributed by atoms with Gasteiger partial charge < -0.3 is 19.5 Å². The number of carboxylic acid groups (broad SMARTS) is 1. The van der Waals surface area contributed by atoms with Crippen LogP contribution >= 0.6 is 46.5 Å². The predicted octanol–water partition coefficient (Wildman–Crippen LogP) is 7.23. The molecule has 1 aliphatic heterocycles. The first kappa shape index (κ1) is 26.0. The maximum atomic E-state index is 14.7. The van der Waals surface area contributed by atoms with E-state index in [1.165, 1.54) is 23.5 Å². The molecule has 6 nitrogen and oxygen atoms in total. The minimum Gasteiger partial charge on any atom is -0.481 e. The third-order valence-electron chi connectivity index (χ3n) is 5.78.